The third kappa shape index (κ3) is 3.24. The number of carbonyl (C=O) groups is 2. The van der Waals surface area contributed by atoms with Gasteiger partial charge in [-0.25, -0.2) is 0 Å². The summed E-state index contributed by atoms with van der Waals surface area (Å²) in [5, 5.41) is 0.619. The number of pyridine rings is 1. The fourth-order valence-corrected chi connectivity index (χ4v) is 4.42. The van der Waals surface area contributed by atoms with Gasteiger partial charge in [-0.3, -0.25) is 14.4 Å². The fourth-order valence-electron chi connectivity index (χ4n) is 4.42. The second kappa shape index (κ2) is 7.18. The summed E-state index contributed by atoms with van der Waals surface area (Å²) in [6, 6.07) is 8.99. The molecule has 3 saturated heterocycles. The molecule has 142 valence electrons. The van der Waals surface area contributed by atoms with E-state index >= 15 is 0 Å². The van der Waals surface area contributed by atoms with Gasteiger partial charge in [0.2, 0.25) is 11.8 Å². The van der Waals surface area contributed by atoms with Gasteiger partial charge in [-0.1, -0.05) is 19.1 Å². The maximum Gasteiger partial charge on any atom is 0.242 e. The van der Waals surface area contributed by atoms with Crippen molar-refractivity contribution in [3.8, 4) is 0 Å². The number of fused-ring (bicyclic) bond motifs is 5. The van der Waals surface area contributed by atoms with Crippen molar-refractivity contribution in [2.75, 3.05) is 19.6 Å². The molecule has 2 amide bonds. The number of carbonyl (C=O) groups excluding carboxylic acids is 2. The summed E-state index contributed by atoms with van der Waals surface area (Å²) in [6.07, 6.45) is 4.46. The van der Waals surface area contributed by atoms with Gasteiger partial charge in [0.15, 0.2) is 5.43 Å². The first-order valence-electron chi connectivity index (χ1n) is 9.75. The molecule has 0 saturated carbocycles. The Balaban J connectivity index is 1.57. The number of aromatic nitrogens is 1. The van der Waals surface area contributed by atoms with Gasteiger partial charge in [-0.05, 0) is 31.4 Å². The molecule has 1 aromatic heterocycles. The second-order valence-corrected chi connectivity index (χ2v) is 7.58. The second-order valence-electron chi connectivity index (χ2n) is 7.58. The SMILES string of the molecule is CCCN1C(=O)[C@@H]2CC[C@H]1CN(C(=O)Cn1ccc(=O)c3ccccc31)C2. The van der Waals surface area contributed by atoms with Gasteiger partial charge in [0.05, 0.1) is 11.4 Å². The summed E-state index contributed by atoms with van der Waals surface area (Å²) in [7, 11) is 0. The number of benzene rings is 1. The van der Waals surface area contributed by atoms with Crippen LogP contribution in [0.2, 0.25) is 0 Å². The molecular formula is C21H25N3O3. The van der Waals surface area contributed by atoms with E-state index in [1.165, 1.54) is 6.07 Å². The Kier molecular flexibility index (Phi) is 4.72. The maximum absolute atomic E-state index is 13.0. The number of hydrogen-bond acceptors (Lipinski definition) is 3. The Morgan fingerprint density at radius 1 is 1.11 bits per heavy atom. The molecule has 0 unspecified atom stereocenters. The summed E-state index contributed by atoms with van der Waals surface area (Å²) < 4.78 is 1.83. The van der Waals surface area contributed by atoms with Crippen LogP contribution in [-0.4, -0.2) is 51.9 Å². The highest BCUT2D eigenvalue weighted by Crippen LogP contribution is 2.29. The van der Waals surface area contributed by atoms with E-state index in [0.717, 1.165) is 31.3 Å². The topological polar surface area (TPSA) is 62.6 Å². The van der Waals surface area contributed by atoms with E-state index in [9.17, 15) is 14.4 Å². The minimum Gasteiger partial charge on any atom is -0.338 e. The minimum absolute atomic E-state index is 0.00634. The van der Waals surface area contributed by atoms with Gasteiger partial charge in [0.1, 0.15) is 6.54 Å². The molecule has 1 aromatic carbocycles. The van der Waals surface area contributed by atoms with Gasteiger partial charge in [-0.2, -0.15) is 0 Å². The molecule has 3 aliphatic rings. The van der Waals surface area contributed by atoms with Crippen LogP contribution in [-0.2, 0) is 16.1 Å². The van der Waals surface area contributed by atoms with Crippen LogP contribution in [0, 0.1) is 5.92 Å². The normalized spacial score (nSPS) is 22.3. The molecule has 3 fully saturated rings. The summed E-state index contributed by atoms with van der Waals surface area (Å²) in [4.78, 5) is 41.6. The lowest BCUT2D eigenvalue weighted by molar-refractivity contribution is -0.139. The van der Waals surface area contributed by atoms with Gasteiger partial charge < -0.3 is 14.4 Å². The van der Waals surface area contributed by atoms with Gasteiger partial charge in [-0.15, -0.1) is 0 Å². The zero-order chi connectivity index (χ0) is 19.0. The molecule has 2 aromatic rings. The molecule has 0 N–H and O–H groups in total. The summed E-state index contributed by atoms with van der Waals surface area (Å²) in [6.45, 7) is 4.15. The van der Waals surface area contributed by atoms with Crippen LogP contribution in [0.5, 0.6) is 0 Å². The molecule has 0 aliphatic carbocycles. The first kappa shape index (κ1) is 17.8. The molecule has 0 radical (unpaired) electrons. The molecule has 4 heterocycles. The van der Waals surface area contributed by atoms with Gasteiger partial charge in [0.25, 0.3) is 0 Å². The monoisotopic (exact) mass is 367 g/mol. The van der Waals surface area contributed by atoms with Crippen molar-refractivity contribution in [2.24, 2.45) is 5.92 Å². The highest BCUT2D eigenvalue weighted by molar-refractivity contribution is 5.84. The molecule has 6 nitrogen and oxygen atoms in total. The molecule has 27 heavy (non-hydrogen) atoms. The number of para-hydroxylation sites is 1. The third-order valence-electron chi connectivity index (χ3n) is 5.80. The Hall–Kier alpha value is -2.63. The average molecular weight is 367 g/mol. The van der Waals surface area contributed by atoms with E-state index in [0.29, 0.717) is 18.5 Å². The van der Waals surface area contributed by atoms with Crippen molar-refractivity contribution >= 4 is 22.7 Å². The molecule has 2 bridgehead atoms. The first-order chi connectivity index (χ1) is 13.1. The van der Waals surface area contributed by atoms with Crippen LogP contribution in [0.3, 0.4) is 0 Å². The lowest BCUT2D eigenvalue weighted by atomic mass is 9.94. The van der Waals surface area contributed by atoms with Crippen molar-refractivity contribution < 1.29 is 9.59 Å². The lowest BCUT2D eigenvalue weighted by Gasteiger charge is -2.35. The Bertz CT molecular complexity index is 936. The van der Waals surface area contributed by atoms with E-state index < -0.39 is 0 Å². The number of nitrogens with zero attached hydrogens (tertiary/aromatic N) is 3. The molecule has 3 aliphatic heterocycles. The smallest absolute Gasteiger partial charge is 0.242 e. The van der Waals surface area contributed by atoms with Gasteiger partial charge in [0, 0.05) is 43.3 Å². The predicted octanol–water partition coefficient (Wildman–Crippen LogP) is 1.86. The standard InChI is InChI=1S/C21H25N3O3/c1-2-10-24-16-8-7-15(21(24)27)12-23(13-16)20(26)14-22-11-9-19(25)17-5-3-4-6-18(17)22/h3-6,9,11,15-16H,2,7-8,10,12-14H2,1H3/t15-,16+/m1/s1. The van der Waals surface area contributed by atoms with E-state index in [1.807, 2.05) is 32.6 Å². The number of rotatable bonds is 4. The van der Waals surface area contributed by atoms with Crippen LogP contribution in [0.1, 0.15) is 26.2 Å². The van der Waals surface area contributed by atoms with Crippen LogP contribution in [0.15, 0.2) is 41.3 Å². The van der Waals surface area contributed by atoms with Crippen molar-refractivity contribution in [1.29, 1.82) is 0 Å². The van der Waals surface area contributed by atoms with Crippen LogP contribution in [0.25, 0.3) is 10.9 Å². The Morgan fingerprint density at radius 2 is 1.93 bits per heavy atom. The van der Waals surface area contributed by atoms with E-state index in [2.05, 4.69) is 6.92 Å². The lowest BCUT2D eigenvalue weighted by Crippen LogP contribution is -2.48. The third-order valence-corrected chi connectivity index (χ3v) is 5.80. The molecule has 0 spiro atoms. The minimum atomic E-state index is -0.0787. The van der Waals surface area contributed by atoms with Crippen LogP contribution in [0.4, 0.5) is 0 Å². The van der Waals surface area contributed by atoms with Crippen molar-refractivity contribution in [2.45, 2.75) is 38.8 Å². The predicted molar refractivity (Wildman–Crippen MR) is 103 cm³/mol. The van der Waals surface area contributed by atoms with E-state index in [1.54, 1.807) is 12.3 Å². The van der Waals surface area contributed by atoms with Crippen molar-refractivity contribution in [1.82, 2.24) is 14.4 Å². The average Bonchev–Trinajstić information content (AvgIpc) is 2.97. The number of hydrogen-bond donors (Lipinski definition) is 0. The van der Waals surface area contributed by atoms with Crippen molar-refractivity contribution in [3.05, 3.63) is 46.8 Å². The van der Waals surface area contributed by atoms with E-state index in [4.69, 9.17) is 0 Å². The van der Waals surface area contributed by atoms with Crippen molar-refractivity contribution in [3.63, 3.8) is 0 Å². The first-order valence-corrected chi connectivity index (χ1v) is 9.75. The highest BCUT2D eigenvalue weighted by Gasteiger charge is 2.41. The summed E-state index contributed by atoms with van der Waals surface area (Å²) in [5.74, 6) is 0.133. The van der Waals surface area contributed by atoms with Gasteiger partial charge >= 0.3 is 0 Å². The summed E-state index contributed by atoms with van der Waals surface area (Å²) in [5.41, 5.74) is 0.725. The molecule has 5 rings (SSSR count). The Morgan fingerprint density at radius 3 is 2.74 bits per heavy atom. The molecular weight excluding hydrogens is 342 g/mol. The zero-order valence-electron chi connectivity index (χ0n) is 15.6. The maximum atomic E-state index is 13.0. The number of piperidine rings is 1. The van der Waals surface area contributed by atoms with E-state index in [-0.39, 0.29) is 35.7 Å². The number of amides is 2. The summed E-state index contributed by atoms with van der Waals surface area (Å²) >= 11 is 0. The fraction of sp³-hybridized carbons (Fsp3) is 0.476. The zero-order valence-corrected chi connectivity index (χ0v) is 15.6. The Labute approximate surface area is 158 Å². The molecule has 2 atom stereocenters. The highest BCUT2D eigenvalue weighted by atomic mass is 16.2. The molecule has 6 heteroatoms. The quantitative estimate of drug-likeness (QED) is 0.829. The van der Waals surface area contributed by atoms with Crippen LogP contribution >= 0.6 is 0 Å². The largest absolute Gasteiger partial charge is 0.338 e. The van der Waals surface area contributed by atoms with Crippen LogP contribution < -0.4 is 5.43 Å².